The van der Waals surface area contributed by atoms with Crippen LogP contribution < -0.4 is 14.4 Å². The van der Waals surface area contributed by atoms with Crippen LogP contribution in [-0.2, 0) is 26.2 Å². The zero-order valence-electron chi connectivity index (χ0n) is 23.8. The molecule has 0 aromatic heterocycles. The number of ether oxygens (including phenoxy) is 1. The van der Waals surface area contributed by atoms with E-state index < -0.39 is 28.5 Å². The van der Waals surface area contributed by atoms with Gasteiger partial charge in [0.25, 0.3) is 10.0 Å². The fourth-order valence-corrected chi connectivity index (χ4v) is 5.99. The van der Waals surface area contributed by atoms with Gasteiger partial charge in [-0.2, -0.15) is 0 Å². The molecule has 0 unspecified atom stereocenters. The van der Waals surface area contributed by atoms with Crippen LogP contribution >= 0.6 is 11.6 Å². The maximum absolute atomic E-state index is 14.1. The van der Waals surface area contributed by atoms with Gasteiger partial charge in [0.15, 0.2) is 0 Å². The van der Waals surface area contributed by atoms with E-state index >= 15 is 0 Å². The highest BCUT2D eigenvalue weighted by atomic mass is 35.5. The molecule has 10 heteroatoms. The summed E-state index contributed by atoms with van der Waals surface area (Å²) in [4.78, 5) is 28.8. The minimum absolute atomic E-state index is 0.0424. The van der Waals surface area contributed by atoms with E-state index in [4.69, 9.17) is 16.3 Å². The van der Waals surface area contributed by atoms with Gasteiger partial charge in [-0.1, -0.05) is 68.3 Å². The molecule has 0 radical (unpaired) electrons. The summed E-state index contributed by atoms with van der Waals surface area (Å²) in [5.41, 5.74) is 0.949. The van der Waals surface area contributed by atoms with Crippen molar-refractivity contribution >= 4 is 39.1 Å². The van der Waals surface area contributed by atoms with Crippen molar-refractivity contribution in [2.24, 2.45) is 0 Å². The third-order valence-electron chi connectivity index (χ3n) is 6.56. The fourth-order valence-electron chi connectivity index (χ4n) is 4.36. The van der Waals surface area contributed by atoms with Crippen molar-refractivity contribution in [3.05, 3.63) is 89.4 Å². The molecule has 0 saturated heterocycles. The third-order valence-corrected chi connectivity index (χ3v) is 8.72. The second kappa shape index (κ2) is 15.4. The Balaban J connectivity index is 2.03. The van der Waals surface area contributed by atoms with Crippen LogP contribution in [0.25, 0.3) is 0 Å². The van der Waals surface area contributed by atoms with Gasteiger partial charge in [0.1, 0.15) is 18.3 Å². The summed E-state index contributed by atoms with van der Waals surface area (Å²) in [5.74, 6) is -0.245. The van der Waals surface area contributed by atoms with Crippen molar-refractivity contribution in [3.8, 4) is 5.75 Å². The maximum Gasteiger partial charge on any atom is 0.264 e. The number of unbranched alkanes of at least 4 members (excludes halogenated alkanes) is 1. The van der Waals surface area contributed by atoms with Gasteiger partial charge in [-0.15, -0.1) is 0 Å². The molecule has 3 aromatic rings. The predicted molar refractivity (Wildman–Crippen MR) is 163 cm³/mol. The SMILES string of the molecule is CCCCNC(=O)[C@@H](CC)N(Cc1ccccc1Cl)C(=O)CN(c1ccc(OCC)cc1)S(=O)(=O)c1ccccc1. The number of nitrogens with zero attached hydrogens (tertiary/aromatic N) is 2. The van der Waals surface area contributed by atoms with Crippen LogP contribution in [0.4, 0.5) is 5.69 Å². The summed E-state index contributed by atoms with van der Waals surface area (Å²) in [6.07, 6.45) is 2.05. The number of nitrogens with one attached hydrogen (secondary N) is 1. The molecule has 1 atom stereocenters. The standard InChI is InChI=1S/C31H38ClN3O5S/c1-4-7-21-33-31(37)29(5-2)34(22-24-13-11-12-16-28(24)32)30(36)23-35(25-17-19-26(20-18-25)40-6-3)41(38,39)27-14-9-8-10-15-27/h8-20,29H,4-7,21-23H2,1-3H3,(H,33,37)/t29-/m1/s1. The van der Waals surface area contributed by atoms with E-state index in [0.29, 0.717) is 41.6 Å². The Morgan fingerprint density at radius 2 is 1.59 bits per heavy atom. The molecule has 0 fully saturated rings. The minimum atomic E-state index is -4.14. The van der Waals surface area contributed by atoms with E-state index in [0.717, 1.165) is 17.1 Å². The maximum atomic E-state index is 14.1. The highest BCUT2D eigenvalue weighted by molar-refractivity contribution is 7.92. The molecule has 2 amide bonds. The number of carbonyl (C=O) groups is 2. The Morgan fingerprint density at radius 1 is 0.927 bits per heavy atom. The van der Waals surface area contributed by atoms with Gasteiger partial charge in [0.05, 0.1) is 17.2 Å². The second-order valence-electron chi connectivity index (χ2n) is 9.43. The summed E-state index contributed by atoms with van der Waals surface area (Å²) in [5, 5.41) is 3.37. The van der Waals surface area contributed by atoms with E-state index in [2.05, 4.69) is 5.32 Å². The molecule has 0 aliphatic heterocycles. The van der Waals surface area contributed by atoms with Gasteiger partial charge in [-0.3, -0.25) is 13.9 Å². The number of sulfonamides is 1. The number of rotatable bonds is 15. The zero-order valence-corrected chi connectivity index (χ0v) is 25.3. The summed E-state index contributed by atoms with van der Waals surface area (Å²) < 4.78 is 34.4. The van der Waals surface area contributed by atoms with E-state index in [1.807, 2.05) is 20.8 Å². The van der Waals surface area contributed by atoms with Crippen molar-refractivity contribution in [2.75, 3.05) is 24.0 Å². The Bertz CT molecular complexity index is 1380. The van der Waals surface area contributed by atoms with Gasteiger partial charge >= 0.3 is 0 Å². The highest BCUT2D eigenvalue weighted by Gasteiger charge is 2.33. The molecular weight excluding hydrogens is 562 g/mol. The Labute approximate surface area is 248 Å². The molecule has 3 aromatic carbocycles. The van der Waals surface area contributed by atoms with Gasteiger partial charge in [-0.05, 0) is 67.8 Å². The van der Waals surface area contributed by atoms with Crippen LogP contribution in [0.15, 0.2) is 83.8 Å². The molecule has 41 heavy (non-hydrogen) atoms. The van der Waals surface area contributed by atoms with Crippen molar-refractivity contribution < 1.29 is 22.7 Å². The molecule has 0 heterocycles. The largest absolute Gasteiger partial charge is 0.494 e. The van der Waals surface area contributed by atoms with E-state index in [-0.39, 0.29) is 17.3 Å². The average Bonchev–Trinajstić information content (AvgIpc) is 2.98. The summed E-state index contributed by atoms with van der Waals surface area (Å²) in [6, 6.07) is 20.7. The topological polar surface area (TPSA) is 96.0 Å². The van der Waals surface area contributed by atoms with Crippen molar-refractivity contribution in [1.29, 1.82) is 0 Å². The van der Waals surface area contributed by atoms with Crippen molar-refractivity contribution in [1.82, 2.24) is 10.2 Å². The van der Waals surface area contributed by atoms with Crippen LogP contribution in [0.3, 0.4) is 0 Å². The first kappa shape index (κ1) is 32.0. The van der Waals surface area contributed by atoms with Crippen LogP contribution in [0.1, 0.15) is 45.6 Å². The van der Waals surface area contributed by atoms with Crippen molar-refractivity contribution in [3.63, 3.8) is 0 Å². The second-order valence-corrected chi connectivity index (χ2v) is 11.7. The molecular formula is C31H38ClN3O5S. The van der Waals surface area contributed by atoms with E-state index in [1.54, 1.807) is 66.7 Å². The molecule has 220 valence electrons. The number of amides is 2. The molecule has 0 bridgehead atoms. The van der Waals surface area contributed by atoms with E-state index in [9.17, 15) is 18.0 Å². The summed E-state index contributed by atoms with van der Waals surface area (Å²) >= 11 is 6.44. The minimum Gasteiger partial charge on any atom is -0.494 e. The van der Waals surface area contributed by atoms with Crippen LogP contribution in [0.5, 0.6) is 5.75 Å². The Morgan fingerprint density at radius 3 is 2.20 bits per heavy atom. The monoisotopic (exact) mass is 599 g/mol. The Hall–Kier alpha value is -3.56. The first-order chi connectivity index (χ1) is 19.7. The van der Waals surface area contributed by atoms with Crippen molar-refractivity contribution in [2.45, 2.75) is 57.5 Å². The van der Waals surface area contributed by atoms with Crippen LogP contribution in [-0.4, -0.2) is 50.9 Å². The molecule has 1 N–H and O–H groups in total. The van der Waals surface area contributed by atoms with Crippen LogP contribution in [0.2, 0.25) is 5.02 Å². The van der Waals surface area contributed by atoms with Gasteiger partial charge in [0.2, 0.25) is 11.8 Å². The molecule has 0 spiro atoms. The summed E-state index contributed by atoms with van der Waals surface area (Å²) in [6.45, 7) is 6.17. The first-order valence-electron chi connectivity index (χ1n) is 13.8. The zero-order chi connectivity index (χ0) is 29.8. The van der Waals surface area contributed by atoms with Gasteiger partial charge < -0.3 is 15.0 Å². The smallest absolute Gasteiger partial charge is 0.264 e. The lowest BCUT2D eigenvalue weighted by Crippen LogP contribution is -2.52. The Kier molecular flexibility index (Phi) is 12.0. The number of halogens is 1. The number of hydrogen-bond acceptors (Lipinski definition) is 5. The fraction of sp³-hybridized carbons (Fsp3) is 0.355. The first-order valence-corrected chi connectivity index (χ1v) is 15.7. The average molecular weight is 600 g/mol. The lowest BCUT2D eigenvalue weighted by atomic mass is 10.1. The van der Waals surface area contributed by atoms with Gasteiger partial charge in [0, 0.05) is 18.1 Å². The third kappa shape index (κ3) is 8.47. The van der Waals surface area contributed by atoms with Gasteiger partial charge in [-0.25, -0.2) is 8.42 Å². The molecule has 3 rings (SSSR count). The molecule has 0 saturated carbocycles. The predicted octanol–water partition coefficient (Wildman–Crippen LogP) is 5.66. The number of carbonyl (C=O) groups excluding carboxylic acids is 2. The lowest BCUT2D eigenvalue weighted by molar-refractivity contribution is -0.140. The highest BCUT2D eigenvalue weighted by Crippen LogP contribution is 2.27. The molecule has 0 aliphatic rings. The quantitative estimate of drug-likeness (QED) is 0.228. The number of hydrogen-bond donors (Lipinski definition) is 1. The normalized spacial score (nSPS) is 11.9. The number of anilines is 1. The lowest BCUT2D eigenvalue weighted by Gasteiger charge is -2.33. The number of benzene rings is 3. The van der Waals surface area contributed by atoms with Crippen LogP contribution in [0, 0.1) is 0 Å². The molecule has 8 nitrogen and oxygen atoms in total. The van der Waals surface area contributed by atoms with E-state index in [1.165, 1.54) is 17.0 Å². The summed E-state index contributed by atoms with van der Waals surface area (Å²) in [7, 11) is -4.14. The molecule has 0 aliphatic carbocycles.